The van der Waals surface area contributed by atoms with Gasteiger partial charge in [0.15, 0.2) is 0 Å². The highest BCUT2D eigenvalue weighted by atomic mass is 31.0. The second kappa shape index (κ2) is 4.85. The van der Waals surface area contributed by atoms with E-state index in [1.54, 1.807) is 0 Å². The maximum Gasteiger partial charge on any atom is 0.0812 e. The van der Waals surface area contributed by atoms with E-state index in [1.807, 2.05) is 13.8 Å². The lowest BCUT2D eigenvalue weighted by molar-refractivity contribution is 0.127. The van der Waals surface area contributed by atoms with E-state index in [-0.39, 0.29) is 12.0 Å². The number of benzene rings is 1. The minimum atomic E-state index is -0.335. The van der Waals surface area contributed by atoms with Crippen LogP contribution in [0.5, 0.6) is 0 Å². The van der Waals surface area contributed by atoms with Gasteiger partial charge in [0.25, 0.3) is 0 Å². The predicted molar refractivity (Wildman–Crippen MR) is 71.4 cm³/mol. The third-order valence-corrected chi connectivity index (χ3v) is 4.35. The van der Waals surface area contributed by atoms with Crippen LogP contribution < -0.4 is 0 Å². The normalized spacial score (nSPS) is 19.8. The lowest BCUT2D eigenvalue weighted by Crippen LogP contribution is -2.05. The van der Waals surface area contributed by atoms with Crippen LogP contribution in [0, 0.1) is 11.8 Å². The molecular weight excluding hydrogens is 215 g/mol. The Hall–Kier alpha value is -0.390. The van der Waals surface area contributed by atoms with Crippen LogP contribution in [0.15, 0.2) is 24.3 Å². The van der Waals surface area contributed by atoms with Gasteiger partial charge in [0.2, 0.25) is 0 Å². The van der Waals surface area contributed by atoms with Gasteiger partial charge < -0.3 is 5.11 Å². The molecule has 1 N–H and O–H groups in total. The van der Waals surface area contributed by atoms with Gasteiger partial charge >= 0.3 is 0 Å². The molecule has 1 aromatic carbocycles. The van der Waals surface area contributed by atoms with Gasteiger partial charge in [-0.2, -0.15) is 0 Å². The van der Waals surface area contributed by atoms with Crippen molar-refractivity contribution in [3.05, 3.63) is 35.4 Å². The Morgan fingerprint density at radius 2 is 1.62 bits per heavy atom. The highest BCUT2D eigenvalue weighted by Crippen LogP contribution is 2.46. The summed E-state index contributed by atoms with van der Waals surface area (Å²) in [5.41, 5.74) is 3.02. The van der Waals surface area contributed by atoms with Gasteiger partial charge in [-0.25, -0.2) is 0 Å². The number of hydrogen-bond donors (Lipinski definition) is 1. The molecular formula is C14H21OP. The summed E-state index contributed by atoms with van der Waals surface area (Å²) in [6, 6.07) is 8.46. The van der Waals surface area contributed by atoms with Gasteiger partial charge in [-0.3, -0.25) is 0 Å². The van der Waals surface area contributed by atoms with Crippen molar-refractivity contribution in [1.29, 1.82) is 0 Å². The summed E-state index contributed by atoms with van der Waals surface area (Å²) in [7, 11) is 2.95. The average molecular weight is 236 g/mol. The van der Waals surface area contributed by atoms with Gasteiger partial charge in [-0.05, 0) is 35.8 Å². The molecule has 1 aliphatic rings. The average Bonchev–Trinajstić information content (AvgIpc) is 3.11. The van der Waals surface area contributed by atoms with Gasteiger partial charge in [-0.15, -0.1) is 9.24 Å². The van der Waals surface area contributed by atoms with Crippen LogP contribution in [-0.4, -0.2) is 5.11 Å². The fraction of sp³-hybridized carbons (Fsp3) is 0.571. The van der Waals surface area contributed by atoms with E-state index < -0.39 is 0 Å². The van der Waals surface area contributed by atoms with Crippen LogP contribution in [-0.2, 0) is 0 Å². The van der Waals surface area contributed by atoms with Gasteiger partial charge in [0.05, 0.1) is 6.10 Å². The zero-order chi connectivity index (χ0) is 11.7. The smallest absolute Gasteiger partial charge is 0.0812 e. The summed E-state index contributed by atoms with van der Waals surface area (Å²) in [4.78, 5) is 0. The highest BCUT2D eigenvalue weighted by Gasteiger charge is 2.29. The van der Waals surface area contributed by atoms with E-state index in [4.69, 9.17) is 0 Å². The molecule has 0 bridgehead atoms. The quantitative estimate of drug-likeness (QED) is 0.790. The van der Waals surface area contributed by atoms with Crippen molar-refractivity contribution in [3.63, 3.8) is 0 Å². The highest BCUT2D eigenvalue weighted by molar-refractivity contribution is 7.17. The van der Waals surface area contributed by atoms with Crippen LogP contribution in [0.2, 0.25) is 0 Å². The first-order valence-corrected chi connectivity index (χ1v) is 6.79. The zero-order valence-corrected chi connectivity index (χ0v) is 11.2. The maximum absolute atomic E-state index is 9.94. The second-order valence-electron chi connectivity index (χ2n) is 5.22. The molecule has 0 aromatic heterocycles. The van der Waals surface area contributed by atoms with E-state index in [0.29, 0.717) is 5.66 Å². The van der Waals surface area contributed by atoms with Crippen molar-refractivity contribution in [3.8, 4) is 0 Å². The van der Waals surface area contributed by atoms with E-state index in [2.05, 4.69) is 33.5 Å². The Morgan fingerprint density at radius 1 is 1.12 bits per heavy atom. The molecule has 1 aliphatic carbocycles. The fourth-order valence-corrected chi connectivity index (χ4v) is 2.63. The molecule has 1 nitrogen and oxygen atoms in total. The standard InChI is InChI=1S/C14H21OP/c1-9(2)13(15)10-3-5-11(6-4-10)14(16)12-7-8-12/h3-6,9,12-15H,7-8,16H2,1-2H3. The second-order valence-corrected chi connectivity index (χ2v) is 5.94. The number of aliphatic hydroxyl groups excluding tert-OH is 1. The molecule has 1 saturated carbocycles. The Balaban J connectivity index is 2.09. The molecule has 0 spiro atoms. The van der Waals surface area contributed by atoms with Crippen molar-refractivity contribution in [1.82, 2.24) is 0 Å². The molecule has 88 valence electrons. The molecule has 16 heavy (non-hydrogen) atoms. The van der Waals surface area contributed by atoms with Crippen LogP contribution in [0.4, 0.5) is 0 Å². The summed E-state index contributed by atoms with van der Waals surface area (Å²) >= 11 is 0. The first-order chi connectivity index (χ1) is 7.59. The third kappa shape index (κ3) is 2.64. The van der Waals surface area contributed by atoms with Crippen molar-refractivity contribution < 1.29 is 5.11 Å². The molecule has 0 saturated heterocycles. The molecule has 0 radical (unpaired) electrons. The lowest BCUT2D eigenvalue weighted by atomic mass is 9.97. The van der Waals surface area contributed by atoms with Gasteiger partial charge in [0, 0.05) is 5.66 Å². The van der Waals surface area contributed by atoms with Crippen LogP contribution in [0.25, 0.3) is 0 Å². The molecule has 1 aromatic rings. The first-order valence-electron chi connectivity index (χ1n) is 6.13. The minimum absolute atomic E-state index is 0.279. The van der Waals surface area contributed by atoms with Crippen LogP contribution in [0.3, 0.4) is 0 Å². The van der Waals surface area contributed by atoms with E-state index >= 15 is 0 Å². The maximum atomic E-state index is 9.94. The van der Waals surface area contributed by atoms with Crippen molar-refractivity contribution in [2.45, 2.75) is 38.5 Å². The predicted octanol–water partition coefficient (Wildman–Crippen LogP) is 3.70. The molecule has 0 aliphatic heterocycles. The van der Waals surface area contributed by atoms with E-state index in [1.165, 1.54) is 18.4 Å². The SMILES string of the molecule is CC(C)C(O)c1ccc(C(P)C2CC2)cc1. The molecule has 2 rings (SSSR count). The topological polar surface area (TPSA) is 20.2 Å². The minimum Gasteiger partial charge on any atom is -0.388 e. The van der Waals surface area contributed by atoms with Crippen molar-refractivity contribution in [2.75, 3.05) is 0 Å². The molecule has 3 unspecified atom stereocenters. The summed E-state index contributed by atoms with van der Waals surface area (Å²) in [6.45, 7) is 4.09. The van der Waals surface area contributed by atoms with E-state index in [9.17, 15) is 5.11 Å². The number of aliphatic hydroxyl groups is 1. The number of rotatable bonds is 4. The molecule has 0 amide bonds. The summed E-state index contributed by atoms with van der Waals surface area (Å²) in [5, 5.41) is 9.94. The third-order valence-electron chi connectivity index (χ3n) is 3.42. The summed E-state index contributed by atoms with van der Waals surface area (Å²) in [6.07, 6.45) is 2.40. The summed E-state index contributed by atoms with van der Waals surface area (Å²) in [5.74, 6) is 1.15. The number of hydrogen-bond acceptors (Lipinski definition) is 1. The molecule has 0 heterocycles. The zero-order valence-electron chi connectivity index (χ0n) is 10.1. The monoisotopic (exact) mass is 236 g/mol. The Morgan fingerprint density at radius 3 is 2.06 bits per heavy atom. The Labute approximate surface area is 100 Å². The van der Waals surface area contributed by atoms with Crippen LogP contribution >= 0.6 is 9.24 Å². The Bertz CT molecular complexity index is 313. The summed E-state index contributed by atoms with van der Waals surface area (Å²) < 4.78 is 0. The van der Waals surface area contributed by atoms with Crippen molar-refractivity contribution >= 4 is 9.24 Å². The molecule has 3 atom stereocenters. The van der Waals surface area contributed by atoms with Crippen LogP contribution in [0.1, 0.15) is 49.6 Å². The van der Waals surface area contributed by atoms with E-state index in [0.717, 1.165) is 11.5 Å². The lowest BCUT2D eigenvalue weighted by Gasteiger charge is -2.16. The molecule has 2 heteroatoms. The molecule has 1 fully saturated rings. The fourth-order valence-electron chi connectivity index (χ4n) is 2.03. The first kappa shape index (κ1) is 12.1. The Kier molecular flexibility index (Phi) is 3.66. The largest absolute Gasteiger partial charge is 0.388 e. The van der Waals surface area contributed by atoms with Gasteiger partial charge in [0.1, 0.15) is 0 Å². The van der Waals surface area contributed by atoms with Gasteiger partial charge in [-0.1, -0.05) is 38.1 Å². The van der Waals surface area contributed by atoms with Crippen molar-refractivity contribution in [2.24, 2.45) is 11.8 Å².